The summed E-state index contributed by atoms with van der Waals surface area (Å²) in [4.78, 5) is 15.4. The Morgan fingerprint density at radius 1 is 0.853 bits per heavy atom. The standard InChI is InChI=1S/C28H32N2O3S/c1-2-34(32,33)27-16-12-22(13-17-27)18-29-28(31)26-14-10-25(11-15-26)21-30(20-24-8-9-24)19-23-6-4-3-5-7-23/h3-7,10-17,24H,2,8-9,18-21H2,1H3,(H,29,31). The second-order valence-corrected chi connectivity index (χ2v) is 11.3. The molecule has 5 nitrogen and oxygen atoms in total. The first-order valence-corrected chi connectivity index (χ1v) is 13.5. The average Bonchev–Trinajstić information content (AvgIpc) is 3.68. The quantitative estimate of drug-likeness (QED) is 0.431. The average molecular weight is 477 g/mol. The van der Waals surface area contributed by atoms with Crippen molar-refractivity contribution in [2.24, 2.45) is 5.92 Å². The molecule has 0 heterocycles. The first-order chi connectivity index (χ1) is 16.4. The summed E-state index contributed by atoms with van der Waals surface area (Å²) in [5.74, 6) is 0.741. The molecule has 1 fully saturated rings. The third-order valence-corrected chi connectivity index (χ3v) is 7.95. The lowest BCUT2D eigenvalue weighted by molar-refractivity contribution is 0.0951. The Kier molecular flexibility index (Phi) is 7.80. The van der Waals surface area contributed by atoms with E-state index in [1.54, 1.807) is 31.2 Å². The zero-order valence-corrected chi connectivity index (χ0v) is 20.4. The molecule has 0 bridgehead atoms. The lowest BCUT2D eigenvalue weighted by Crippen LogP contribution is -2.25. The molecule has 1 N–H and O–H groups in total. The van der Waals surface area contributed by atoms with Gasteiger partial charge in [-0.05, 0) is 59.7 Å². The summed E-state index contributed by atoms with van der Waals surface area (Å²) < 4.78 is 23.9. The Balaban J connectivity index is 1.32. The van der Waals surface area contributed by atoms with Crippen LogP contribution in [0.3, 0.4) is 0 Å². The van der Waals surface area contributed by atoms with Crippen LogP contribution in [0.2, 0.25) is 0 Å². The highest BCUT2D eigenvalue weighted by atomic mass is 32.2. The van der Waals surface area contributed by atoms with Gasteiger partial charge in [-0.2, -0.15) is 0 Å². The van der Waals surface area contributed by atoms with E-state index in [1.165, 1.54) is 24.0 Å². The number of nitrogens with one attached hydrogen (secondary N) is 1. The van der Waals surface area contributed by atoms with E-state index in [0.717, 1.165) is 31.1 Å². The molecule has 0 aromatic heterocycles. The highest BCUT2D eigenvalue weighted by Gasteiger charge is 2.24. The van der Waals surface area contributed by atoms with Crippen LogP contribution in [0.5, 0.6) is 0 Å². The number of hydrogen-bond acceptors (Lipinski definition) is 4. The molecule has 1 aliphatic rings. The number of sulfone groups is 1. The molecule has 3 aromatic rings. The molecule has 4 rings (SSSR count). The maximum absolute atomic E-state index is 12.6. The maximum atomic E-state index is 12.6. The lowest BCUT2D eigenvalue weighted by atomic mass is 10.1. The van der Waals surface area contributed by atoms with E-state index in [9.17, 15) is 13.2 Å². The van der Waals surface area contributed by atoms with Crippen LogP contribution in [-0.2, 0) is 29.5 Å². The zero-order chi connectivity index (χ0) is 24.0. The van der Waals surface area contributed by atoms with Crippen LogP contribution < -0.4 is 5.32 Å². The van der Waals surface area contributed by atoms with E-state index in [0.29, 0.717) is 17.0 Å². The van der Waals surface area contributed by atoms with Gasteiger partial charge in [0.1, 0.15) is 0 Å². The van der Waals surface area contributed by atoms with Crippen LogP contribution in [0.4, 0.5) is 0 Å². The van der Waals surface area contributed by atoms with E-state index in [1.807, 2.05) is 30.3 Å². The number of nitrogens with zero attached hydrogens (tertiary/aromatic N) is 1. The second kappa shape index (κ2) is 11.0. The fourth-order valence-corrected chi connectivity index (χ4v) is 4.86. The van der Waals surface area contributed by atoms with E-state index >= 15 is 0 Å². The molecule has 34 heavy (non-hydrogen) atoms. The Labute approximate surface area is 202 Å². The molecule has 0 radical (unpaired) electrons. The summed E-state index contributed by atoms with van der Waals surface area (Å²) in [5, 5.41) is 2.92. The molecule has 3 aromatic carbocycles. The van der Waals surface area contributed by atoms with Gasteiger partial charge in [0.05, 0.1) is 10.6 Å². The fourth-order valence-electron chi connectivity index (χ4n) is 3.98. The molecule has 1 amide bonds. The van der Waals surface area contributed by atoms with Gasteiger partial charge in [-0.15, -0.1) is 0 Å². The van der Waals surface area contributed by atoms with Crippen molar-refractivity contribution in [3.05, 3.63) is 101 Å². The summed E-state index contributed by atoms with van der Waals surface area (Å²) in [6, 6.07) is 25.0. The second-order valence-electron chi connectivity index (χ2n) is 9.03. The van der Waals surface area contributed by atoms with Crippen molar-refractivity contribution in [2.75, 3.05) is 12.3 Å². The Bertz CT molecular complexity index is 1190. The first-order valence-electron chi connectivity index (χ1n) is 11.9. The van der Waals surface area contributed by atoms with Crippen LogP contribution in [-0.4, -0.2) is 31.5 Å². The van der Waals surface area contributed by atoms with E-state index in [2.05, 4.69) is 34.5 Å². The van der Waals surface area contributed by atoms with Crippen LogP contribution in [0.1, 0.15) is 46.8 Å². The van der Waals surface area contributed by atoms with Crippen LogP contribution in [0.15, 0.2) is 83.8 Å². The molecule has 0 unspecified atom stereocenters. The van der Waals surface area contributed by atoms with E-state index in [4.69, 9.17) is 0 Å². The minimum absolute atomic E-state index is 0.0731. The van der Waals surface area contributed by atoms with Crippen molar-refractivity contribution in [3.8, 4) is 0 Å². The van der Waals surface area contributed by atoms with Crippen molar-refractivity contribution >= 4 is 15.7 Å². The number of benzene rings is 3. The van der Waals surface area contributed by atoms with Gasteiger partial charge < -0.3 is 5.32 Å². The van der Waals surface area contributed by atoms with Crippen molar-refractivity contribution in [1.82, 2.24) is 10.2 Å². The van der Waals surface area contributed by atoms with E-state index in [-0.39, 0.29) is 11.7 Å². The number of carbonyl (C=O) groups excluding carboxylic acids is 1. The number of rotatable bonds is 11. The predicted molar refractivity (Wildman–Crippen MR) is 135 cm³/mol. The van der Waals surface area contributed by atoms with Gasteiger partial charge >= 0.3 is 0 Å². The van der Waals surface area contributed by atoms with Crippen LogP contribution >= 0.6 is 0 Å². The summed E-state index contributed by atoms with van der Waals surface area (Å²) >= 11 is 0. The topological polar surface area (TPSA) is 66.5 Å². The summed E-state index contributed by atoms with van der Waals surface area (Å²) in [6.07, 6.45) is 2.64. The van der Waals surface area contributed by atoms with E-state index < -0.39 is 9.84 Å². The minimum Gasteiger partial charge on any atom is -0.348 e. The first kappa shape index (κ1) is 24.2. The van der Waals surface area contributed by atoms with Crippen molar-refractivity contribution < 1.29 is 13.2 Å². The molecule has 178 valence electrons. The summed E-state index contributed by atoms with van der Waals surface area (Å²) in [7, 11) is -3.21. The van der Waals surface area contributed by atoms with Crippen molar-refractivity contribution in [1.29, 1.82) is 0 Å². The molecule has 6 heteroatoms. The van der Waals surface area contributed by atoms with Gasteiger partial charge in [-0.3, -0.25) is 9.69 Å². The normalized spacial score (nSPS) is 13.7. The van der Waals surface area contributed by atoms with Gasteiger partial charge in [-0.25, -0.2) is 8.42 Å². The molecule has 0 atom stereocenters. The highest BCUT2D eigenvalue weighted by Crippen LogP contribution is 2.30. The maximum Gasteiger partial charge on any atom is 0.251 e. The molecule has 0 spiro atoms. The minimum atomic E-state index is -3.21. The third kappa shape index (κ3) is 6.78. The largest absolute Gasteiger partial charge is 0.348 e. The monoisotopic (exact) mass is 476 g/mol. The zero-order valence-electron chi connectivity index (χ0n) is 19.6. The number of carbonyl (C=O) groups is 1. The van der Waals surface area contributed by atoms with Gasteiger partial charge in [0, 0.05) is 31.7 Å². The van der Waals surface area contributed by atoms with Crippen molar-refractivity contribution in [2.45, 2.75) is 44.3 Å². The van der Waals surface area contributed by atoms with Crippen molar-refractivity contribution in [3.63, 3.8) is 0 Å². The third-order valence-electron chi connectivity index (χ3n) is 6.20. The van der Waals surface area contributed by atoms with Crippen LogP contribution in [0, 0.1) is 5.92 Å². The highest BCUT2D eigenvalue weighted by molar-refractivity contribution is 7.91. The number of amides is 1. The lowest BCUT2D eigenvalue weighted by Gasteiger charge is -2.22. The molecular weight excluding hydrogens is 444 g/mol. The Hall–Kier alpha value is -2.96. The van der Waals surface area contributed by atoms with Gasteiger partial charge in [0.2, 0.25) is 0 Å². The number of hydrogen-bond donors (Lipinski definition) is 1. The molecule has 1 saturated carbocycles. The predicted octanol–water partition coefficient (Wildman–Crippen LogP) is 4.82. The summed E-state index contributed by atoms with van der Waals surface area (Å²) in [6.45, 7) is 4.87. The molecular formula is C28H32N2O3S. The SMILES string of the molecule is CCS(=O)(=O)c1ccc(CNC(=O)c2ccc(CN(Cc3ccccc3)CC3CC3)cc2)cc1. The Morgan fingerprint density at radius 2 is 1.44 bits per heavy atom. The molecule has 1 aliphatic carbocycles. The smallest absolute Gasteiger partial charge is 0.251 e. The van der Waals surface area contributed by atoms with Gasteiger partial charge in [-0.1, -0.05) is 61.5 Å². The van der Waals surface area contributed by atoms with Gasteiger partial charge in [0.25, 0.3) is 5.91 Å². The Morgan fingerprint density at radius 3 is 2.03 bits per heavy atom. The molecule has 0 aliphatic heterocycles. The fraction of sp³-hybridized carbons (Fsp3) is 0.321. The van der Waals surface area contributed by atoms with Gasteiger partial charge in [0.15, 0.2) is 9.84 Å². The van der Waals surface area contributed by atoms with Crippen LogP contribution in [0.25, 0.3) is 0 Å². The summed E-state index contributed by atoms with van der Waals surface area (Å²) in [5.41, 5.74) is 3.99. The molecule has 0 saturated heterocycles.